The molecule has 3 aromatic rings. The summed E-state index contributed by atoms with van der Waals surface area (Å²) in [4.78, 5) is 40.4. The smallest absolute Gasteiger partial charge is 0.323 e. The fourth-order valence-electron chi connectivity index (χ4n) is 4.69. The van der Waals surface area contributed by atoms with E-state index in [1.807, 2.05) is 48.5 Å². The summed E-state index contributed by atoms with van der Waals surface area (Å²) in [6, 6.07) is 21.4. The minimum Gasteiger partial charge on any atom is -0.468 e. The Balaban J connectivity index is 1.60. The van der Waals surface area contributed by atoms with Gasteiger partial charge in [0.05, 0.1) is 24.6 Å². The first-order valence-corrected chi connectivity index (χ1v) is 9.85. The molecular weight excluding hydrogens is 380 g/mol. The van der Waals surface area contributed by atoms with Crippen LogP contribution in [0.2, 0.25) is 0 Å². The summed E-state index contributed by atoms with van der Waals surface area (Å²) in [5.74, 6) is -2.69. The van der Waals surface area contributed by atoms with Gasteiger partial charge in [-0.05, 0) is 34.5 Å². The van der Waals surface area contributed by atoms with Gasteiger partial charge in [-0.1, -0.05) is 54.6 Å². The predicted molar refractivity (Wildman–Crippen MR) is 112 cm³/mol. The van der Waals surface area contributed by atoms with Crippen LogP contribution in [0.15, 0.2) is 72.8 Å². The van der Waals surface area contributed by atoms with Crippen LogP contribution in [0.3, 0.4) is 0 Å². The highest BCUT2D eigenvalue weighted by atomic mass is 16.5. The number of carbonyl (C=O) groups is 3. The van der Waals surface area contributed by atoms with Gasteiger partial charge in [0.25, 0.3) is 0 Å². The summed E-state index contributed by atoms with van der Waals surface area (Å²) in [5, 5.41) is 5.33. The lowest BCUT2D eigenvalue weighted by atomic mass is 9.86. The molecule has 2 saturated heterocycles. The van der Waals surface area contributed by atoms with E-state index in [0.29, 0.717) is 5.69 Å². The summed E-state index contributed by atoms with van der Waals surface area (Å²) in [7, 11) is 1.29. The van der Waals surface area contributed by atoms with Crippen molar-refractivity contribution in [2.45, 2.75) is 12.1 Å². The highest BCUT2D eigenvalue weighted by Crippen LogP contribution is 2.45. The van der Waals surface area contributed by atoms with Crippen LogP contribution >= 0.6 is 0 Å². The van der Waals surface area contributed by atoms with Gasteiger partial charge >= 0.3 is 5.97 Å². The Morgan fingerprint density at radius 1 is 0.867 bits per heavy atom. The van der Waals surface area contributed by atoms with Crippen LogP contribution in [-0.4, -0.2) is 30.9 Å². The second kappa shape index (κ2) is 7.07. The van der Waals surface area contributed by atoms with E-state index in [0.717, 1.165) is 16.3 Å². The number of carbonyl (C=O) groups excluding carboxylic acids is 3. The van der Waals surface area contributed by atoms with E-state index in [9.17, 15) is 14.4 Å². The number of fused-ring (bicyclic) bond motifs is 2. The first-order valence-electron chi connectivity index (χ1n) is 9.85. The highest BCUT2D eigenvalue weighted by Gasteiger charge is 2.61. The first kappa shape index (κ1) is 18.5. The monoisotopic (exact) mass is 400 g/mol. The number of ether oxygens (including phenoxy) is 1. The molecule has 30 heavy (non-hydrogen) atoms. The van der Waals surface area contributed by atoms with Crippen LogP contribution in [-0.2, 0) is 19.1 Å². The quantitative estimate of drug-likeness (QED) is 0.541. The zero-order chi connectivity index (χ0) is 20.8. The van der Waals surface area contributed by atoms with E-state index in [-0.39, 0.29) is 11.8 Å². The van der Waals surface area contributed by atoms with Crippen LogP contribution in [0, 0.1) is 11.8 Å². The highest BCUT2D eigenvalue weighted by molar-refractivity contribution is 6.23. The van der Waals surface area contributed by atoms with Gasteiger partial charge in [-0.3, -0.25) is 19.7 Å². The molecule has 2 fully saturated rings. The maximum atomic E-state index is 13.4. The van der Waals surface area contributed by atoms with Gasteiger partial charge in [0, 0.05) is 6.04 Å². The summed E-state index contributed by atoms with van der Waals surface area (Å²) in [6.45, 7) is 0. The average Bonchev–Trinajstić information content (AvgIpc) is 3.30. The Morgan fingerprint density at radius 2 is 1.53 bits per heavy atom. The largest absolute Gasteiger partial charge is 0.468 e. The SMILES string of the molecule is COC(=O)[C@H]1N[C@@H](c2ccc3ccccc3c2)[C@H]2C(=O)N(c3ccccc3)C(=O)[C@H]21. The van der Waals surface area contributed by atoms with Gasteiger partial charge in [-0.25, -0.2) is 4.90 Å². The third-order valence-corrected chi connectivity index (χ3v) is 6.08. The van der Waals surface area contributed by atoms with Gasteiger partial charge < -0.3 is 4.74 Å². The maximum absolute atomic E-state index is 13.4. The molecule has 150 valence electrons. The van der Waals surface area contributed by atoms with Crippen LogP contribution in [0.4, 0.5) is 5.69 Å². The molecule has 6 nitrogen and oxygen atoms in total. The standard InChI is InChI=1S/C24H20N2O4/c1-30-24(29)21-19-18(22(27)26(23(19)28)17-9-3-2-4-10-17)20(25-21)16-12-11-14-7-5-6-8-15(14)13-16/h2-13,18-21,25H,1H3/t18-,19+,20-,21-/m0/s1. The van der Waals surface area contributed by atoms with Crippen molar-refractivity contribution in [3.8, 4) is 0 Å². The topological polar surface area (TPSA) is 75.7 Å². The molecule has 0 bridgehead atoms. The van der Waals surface area contributed by atoms with Crippen molar-refractivity contribution in [1.29, 1.82) is 0 Å². The molecule has 0 aromatic heterocycles. The molecule has 0 aliphatic carbocycles. The van der Waals surface area contributed by atoms with Crippen molar-refractivity contribution in [3.63, 3.8) is 0 Å². The molecule has 0 unspecified atom stereocenters. The summed E-state index contributed by atoms with van der Waals surface area (Å²) in [6.07, 6.45) is 0. The number of rotatable bonds is 3. The fraction of sp³-hybridized carbons (Fsp3) is 0.208. The Morgan fingerprint density at radius 3 is 2.27 bits per heavy atom. The molecular formula is C24H20N2O4. The third-order valence-electron chi connectivity index (χ3n) is 6.08. The maximum Gasteiger partial charge on any atom is 0.323 e. The van der Waals surface area contributed by atoms with Crippen LogP contribution in [0.25, 0.3) is 10.8 Å². The van der Waals surface area contributed by atoms with Crippen molar-refractivity contribution in [1.82, 2.24) is 5.32 Å². The number of hydrogen-bond acceptors (Lipinski definition) is 5. The lowest BCUT2D eigenvalue weighted by Crippen LogP contribution is -2.43. The Hall–Kier alpha value is -3.51. The van der Waals surface area contributed by atoms with Crippen molar-refractivity contribution in [2.24, 2.45) is 11.8 Å². The number of amides is 2. The van der Waals surface area contributed by atoms with Gasteiger partial charge in [0.2, 0.25) is 11.8 Å². The Labute approximate surface area is 173 Å². The van der Waals surface area contributed by atoms with E-state index in [2.05, 4.69) is 5.32 Å². The summed E-state index contributed by atoms with van der Waals surface area (Å²) in [5.41, 5.74) is 1.38. The normalized spacial score (nSPS) is 25.6. The number of nitrogens with zero attached hydrogens (tertiary/aromatic N) is 1. The third kappa shape index (κ3) is 2.72. The molecule has 2 heterocycles. The van der Waals surface area contributed by atoms with Crippen LogP contribution < -0.4 is 10.2 Å². The Bertz CT molecular complexity index is 1160. The van der Waals surface area contributed by atoms with Crippen LogP contribution in [0.1, 0.15) is 11.6 Å². The first-order chi connectivity index (χ1) is 14.6. The minimum absolute atomic E-state index is 0.298. The number of imide groups is 1. The van der Waals surface area contributed by atoms with E-state index >= 15 is 0 Å². The number of esters is 1. The number of methoxy groups -OCH3 is 1. The molecule has 2 aliphatic rings. The van der Waals surface area contributed by atoms with Gasteiger partial charge in [-0.15, -0.1) is 0 Å². The molecule has 4 atom stereocenters. The van der Waals surface area contributed by atoms with Crippen molar-refractivity contribution in [2.75, 3.05) is 12.0 Å². The lowest BCUT2D eigenvalue weighted by molar-refractivity contribution is -0.145. The molecule has 0 spiro atoms. The number of nitrogens with one attached hydrogen (secondary N) is 1. The molecule has 0 radical (unpaired) electrons. The molecule has 2 aliphatic heterocycles. The molecule has 0 saturated carbocycles. The minimum atomic E-state index is -0.873. The molecule has 2 amide bonds. The fourth-order valence-corrected chi connectivity index (χ4v) is 4.69. The number of para-hydroxylation sites is 1. The van der Waals surface area contributed by atoms with Crippen LogP contribution in [0.5, 0.6) is 0 Å². The van der Waals surface area contributed by atoms with E-state index < -0.39 is 29.9 Å². The van der Waals surface area contributed by atoms with Gasteiger partial charge in [0.1, 0.15) is 6.04 Å². The lowest BCUT2D eigenvalue weighted by Gasteiger charge is -2.22. The van der Waals surface area contributed by atoms with E-state index in [4.69, 9.17) is 4.74 Å². The zero-order valence-electron chi connectivity index (χ0n) is 16.3. The van der Waals surface area contributed by atoms with Crippen molar-refractivity contribution >= 4 is 34.2 Å². The van der Waals surface area contributed by atoms with Gasteiger partial charge in [-0.2, -0.15) is 0 Å². The van der Waals surface area contributed by atoms with E-state index in [1.54, 1.807) is 24.3 Å². The second-order valence-electron chi connectivity index (χ2n) is 7.65. The summed E-state index contributed by atoms with van der Waals surface area (Å²) < 4.78 is 4.94. The molecule has 3 aromatic carbocycles. The average molecular weight is 400 g/mol. The van der Waals surface area contributed by atoms with Crippen molar-refractivity contribution in [3.05, 3.63) is 78.4 Å². The summed E-state index contributed by atoms with van der Waals surface area (Å²) >= 11 is 0. The number of benzene rings is 3. The molecule has 1 N–H and O–H groups in total. The number of hydrogen-bond donors (Lipinski definition) is 1. The molecule has 5 rings (SSSR count). The zero-order valence-corrected chi connectivity index (χ0v) is 16.3. The second-order valence-corrected chi connectivity index (χ2v) is 7.65. The molecule has 6 heteroatoms. The van der Waals surface area contributed by atoms with E-state index in [1.165, 1.54) is 12.0 Å². The van der Waals surface area contributed by atoms with Crippen molar-refractivity contribution < 1.29 is 19.1 Å². The Kier molecular flexibility index (Phi) is 4.37. The predicted octanol–water partition coefficient (Wildman–Crippen LogP) is 2.83. The van der Waals surface area contributed by atoms with Gasteiger partial charge in [0.15, 0.2) is 0 Å². The number of anilines is 1.